The van der Waals surface area contributed by atoms with Crippen molar-refractivity contribution < 1.29 is 9.47 Å². The molecule has 0 radical (unpaired) electrons. The van der Waals surface area contributed by atoms with Gasteiger partial charge in [0.15, 0.2) is 5.82 Å². The van der Waals surface area contributed by atoms with Crippen LogP contribution in [0.5, 0.6) is 11.5 Å². The van der Waals surface area contributed by atoms with Gasteiger partial charge in [0.25, 0.3) is 0 Å². The van der Waals surface area contributed by atoms with Gasteiger partial charge in [-0.3, -0.25) is 0 Å². The van der Waals surface area contributed by atoms with Gasteiger partial charge in [0.2, 0.25) is 0 Å². The summed E-state index contributed by atoms with van der Waals surface area (Å²) >= 11 is 0. The first kappa shape index (κ1) is 13.2. The Morgan fingerprint density at radius 1 is 1.24 bits per heavy atom. The Balaban J connectivity index is 2.01. The van der Waals surface area contributed by atoms with Crippen LogP contribution in [0.3, 0.4) is 0 Å². The minimum atomic E-state index is 0.327. The molecule has 2 heterocycles. The summed E-state index contributed by atoms with van der Waals surface area (Å²) in [6, 6.07) is 5.70. The number of fused-ring (bicyclic) bond motifs is 1. The summed E-state index contributed by atoms with van der Waals surface area (Å²) < 4.78 is 12.6. The van der Waals surface area contributed by atoms with Crippen LogP contribution in [0.4, 0.5) is 5.82 Å². The van der Waals surface area contributed by atoms with Crippen LogP contribution in [0.2, 0.25) is 0 Å². The Kier molecular flexibility index (Phi) is 3.31. The molecule has 0 bridgehead atoms. The predicted molar refractivity (Wildman–Crippen MR) is 78.4 cm³/mol. The number of ether oxygens (including phenoxy) is 2. The molecule has 21 heavy (non-hydrogen) atoms. The zero-order chi connectivity index (χ0) is 14.8. The average molecular weight is 285 g/mol. The lowest BCUT2D eigenvalue weighted by molar-refractivity contribution is 0.390. The van der Waals surface area contributed by atoms with E-state index in [9.17, 15) is 0 Å². The van der Waals surface area contributed by atoms with Gasteiger partial charge >= 0.3 is 0 Å². The molecule has 0 amide bonds. The molecule has 0 aliphatic heterocycles. The number of hydrogen-bond donors (Lipinski definition) is 1. The van der Waals surface area contributed by atoms with E-state index in [0.29, 0.717) is 17.9 Å². The number of benzene rings is 1. The standard InChI is InChI=1S/C14H15N5O2/c1-20-10-4-3-9(12(5-10)21-2)7-19-8-16-13-11(19)6-17-18-14(13)15/h3-6,8H,7H2,1-2H3,(H2,15,18). The summed E-state index contributed by atoms with van der Waals surface area (Å²) in [5.74, 6) is 1.83. The fourth-order valence-electron chi connectivity index (χ4n) is 2.21. The van der Waals surface area contributed by atoms with Crippen LogP contribution < -0.4 is 15.2 Å². The van der Waals surface area contributed by atoms with E-state index < -0.39 is 0 Å². The van der Waals surface area contributed by atoms with Gasteiger partial charge in [-0.2, -0.15) is 5.10 Å². The lowest BCUT2D eigenvalue weighted by atomic mass is 10.2. The van der Waals surface area contributed by atoms with Crippen LogP contribution in [0.25, 0.3) is 11.0 Å². The van der Waals surface area contributed by atoms with Gasteiger partial charge in [-0.15, -0.1) is 5.10 Å². The van der Waals surface area contributed by atoms with Crippen molar-refractivity contribution in [3.8, 4) is 11.5 Å². The Morgan fingerprint density at radius 3 is 2.86 bits per heavy atom. The predicted octanol–water partition coefficient (Wildman–Crippen LogP) is 1.47. The minimum absolute atomic E-state index is 0.327. The van der Waals surface area contributed by atoms with E-state index in [-0.39, 0.29) is 0 Å². The molecule has 0 fully saturated rings. The first-order valence-corrected chi connectivity index (χ1v) is 6.36. The van der Waals surface area contributed by atoms with Crippen molar-refractivity contribution in [3.05, 3.63) is 36.3 Å². The van der Waals surface area contributed by atoms with Crippen LogP contribution in [-0.4, -0.2) is 34.0 Å². The van der Waals surface area contributed by atoms with E-state index in [4.69, 9.17) is 15.2 Å². The Hall–Kier alpha value is -2.83. The number of anilines is 1. The molecule has 3 aromatic rings. The highest BCUT2D eigenvalue weighted by molar-refractivity contribution is 5.83. The van der Waals surface area contributed by atoms with Gasteiger partial charge in [-0.25, -0.2) is 4.98 Å². The lowest BCUT2D eigenvalue weighted by Gasteiger charge is -2.11. The smallest absolute Gasteiger partial charge is 0.174 e. The monoisotopic (exact) mass is 285 g/mol. The summed E-state index contributed by atoms with van der Waals surface area (Å²) in [6.07, 6.45) is 3.36. The second-order valence-electron chi connectivity index (χ2n) is 4.51. The molecule has 1 aromatic carbocycles. The topological polar surface area (TPSA) is 88.1 Å². The molecule has 0 atom stereocenters. The van der Waals surface area contributed by atoms with Crippen molar-refractivity contribution in [2.24, 2.45) is 0 Å². The molecule has 0 aliphatic carbocycles. The fourth-order valence-corrected chi connectivity index (χ4v) is 2.21. The number of imidazole rings is 1. The first-order chi connectivity index (χ1) is 10.2. The number of methoxy groups -OCH3 is 2. The van der Waals surface area contributed by atoms with Crippen molar-refractivity contribution in [3.63, 3.8) is 0 Å². The van der Waals surface area contributed by atoms with Gasteiger partial charge in [0.1, 0.15) is 17.0 Å². The molecule has 2 aromatic heterocycles. The van der Waals surface area contributed by atoms with Crippen LogP contribution in [0.1, 0.15) is 5.56 Å². The second kappa shape index (κ2) is 5.28. The quantitative estimate of drug-likeness (QED) is 0.781. The van der Waals surface area contributed by atoms with E-state index in [1.165, 1.54) is 0 Å². The van der Waals surface area contributed by atoms with Crippen molar-refractivity contribution in [2.45, 2.75) is 6.54 Å². The average Bonchev–Trinajstić information content (AvgIpc) is 2.92. The molecule has 2 N–H and O–H groups in total. The van der Waals surface area contributed by atoms with E-state index in [0.717, 1.165) is 22.6 Å². The van der Waals surface area contributed by atoms with Crippen molar-refractivity contribution in [1.29, 1.82) is 0 Å². The molecular formula is C14H15N5O2. The van der Waals surface area contributed by atoms with Gasteiger partial charge < -0.3 is 19.8 Å². The molecule has 0 saturated carbocycles. The molecule has 0 spiro atoms. The highest BCUT2D eigenvalue weighted by Crippen LogP contribution is 2.26. The number of nitrogen functional groups attached to an aromatic ring is 1. The van der Waals surface area contributed by atoms with Crippen LogP contribution in [-0.2, 0) is 6.54 Å². The largest absolute Gasteiger partial charge is 0.497 e. The maximum atomic E-state index is 5.77. The van der Waals surface area contributed by atoms with Crippen molar-refractivity contribution >= 4 is 16.9 Å². The van der Waals surface area contributed by atoms with E-state index >= 15 is 0 Å². The third-order valence-electron chi connectivity index (χ3n) is 3.30. The van der Waals surface area contributed by atoms with Crippen LogP contribution in [0, 0.1) is 0 Å². The fraction of sp³-hybridized carbons (Fsp3) is 0.214. The molecule has 108 valence electrons. The Bertz CT molecular complexity index is 784. The third-order valence-corrected chi connectivity index (χ3v) is 3.30. The zero-order valence-electron chi connectivity index (χ0n) is 11.8. The molecule has 0 aliphatic rings. The van der Waals surface area contributed by atoms with Gasteiger partial charge in [-0.1, -0.05) is 0 Å². The number of aromatic nitrogens is 4. The molecule has 7 nitrogen and oxygen atoms in total. The van der Waals surface area contributed by atoms with Gasteiger partial charge in [-0.05, 0) is 12.1 Å². The van der Waals surface area contributed by atoms with Gasteiger partial charge in [0.05, 0.1) is 38.8 Å². The van der Waals surface area contributed by atoms with Crippen molar-refractivity contribution in [2.75, 3.05) is 20.0 Å². The molecule has 0 saturated heterocycles. The van der Waals surface area contributed by atoms with Gasteiger partial charge in [0, 0.05) is 11.6 Å². The summed E-state index contributed by atoms with van der Waals surface area (Å²) in [6.45, 7) is 0.592. The minimum Gasteiger partial charge on any atom is -0.497 e. The normalized spacial score (nSPS) is 10.8. The zero-order valence-corrected chi connectivity index (χ0v) is 11.8. The third kappa shape index (κ3) is 2.33. The summed E-state index contributed by atoms with van der Waals surface area (Å²) in [5, 5.41) is 7.66. The van der Waals surface area contributed by atoms with E-state index in [2.05, 4.69) is 15.2 Å². The Labute approximate surface area is 121 Å². The van der Waals surface area contributed by atoms with Crippen molar-refractivity contribution in [1.82, 2.24) is 19.7 Å². The second-order valence-corrected chi connectivity index (χ2v) is 4.51. The molecule has 3 rings (SSSR count). The lowest BCUT2D eigenvalue weighted by Crippen LogP contribution is -2.02. The highest BCUT2D eigenvalue weighted by atomic mass is 16.5. The first-order valence-electron chi connectivity index (χ1n) is 6.36. The number of hydrogen-bond acceptors (Lipinski definition) is 6. The maximum Gasteiger partial charge on any atom is 0.174 e. The summed E-state index contributed by atoms with van der Waals surface area (Å²) in [5.41, 5.74) is 8.26. The molecule has 7 heteroatoms. The highest BCUT2D eigenvalue weighted by Gasteiger charge is 2.10. The summed E-state index contributed by atoms with van der Waals surface area (Å²) in [4.78, 5) is 4.27. The SMILES string of the molecule is COc1ccc(Cn2cnc3c(N)nncc32)c(OC)c1. The van der Waals surface area contributed by atoms with Crippen LogP contribution >= 0.6 is 0 Å². The number of nitrogens with zero attached hydrogens (tertiary/aromatic N) is 4. The maximum absolute atomic E-state index is 5.77. The summed E-state index contributed by atoms with van der Waals surface area (Å²) in [7, 11) is 3.26. The van der Waals surface area contributed by atoms with E-state index in [1.807, 2.05) is 22.8 Å². The van der Waals surface area contributed by atoms with E-state index in [1.54, 1.807) is 26.7 Å². The van der Waals surface area contributed by atoms with Crippen LogP contribution in [0.15, 0.2) is 30.7 Å². The number of nitrogens with two attached hydrogens (primary N) is 1. The molecule has 0 unspecified atom stereocenters. The Morgan fingerprint density at radius 2 is 2.10 bits per heavy atom. The molecular weight excluding hydrogens is 270 g/mol. The number of rotatable bonds is 4.